The molecule has 0 spiro atoms. The Morgan fingerprint density at radius 3 is 2.52 bits per heavy atom. The maximum Gasteiger partial charge on any atom is 0.335 e. The van der Waals surface area contributed by atoms with E-state index in [4.69, 9.17) is 23.2 Å². The second-order valence-corrected chi connectivity index (χ2v) is 7.93. The third-order valence-corrected chi connectivity index (χ3v) is 6.05. The van der Waals surface area contributed by atoms with Gasteiger partial charge in [0.05, 0.1) is 16.3 Å². The highest BCUT2D eigenvalue weighted by Crippen LogP contribution is 2.46. The summed E-state index contributed by atoms with van der Waals surface area (Å²) in [6, 6.07) is 11.4. The summed E-state index contributed by atoms with van der Waals surface area (Å²) in [5.74, 6) is -1.79. The van der Waals surface area contributed by atoms with Crippen molar-refractivity contribution in [2.45, 2.75) is 31.6 Å². The number of nitrogens with zero attached hydrogens (tertiary/aromatic N) is 1. The van der Waals surface area contributed by atoms with Crippen molar-refractivity contribution in [1.29, 1.82) is 0 Å². The zero-order chi connectivity index (χ0) is 20.7. The number of carbonyl (C=O) groups excluding carboxylic acids is 2. The minimum atomic E-state index is -1.12. The van der Waals surface area contributed by atoms with Crippen LogP contribution in [0.4, 0.5) is 5.69 Å². The van der Waals surface area contributed by atoms with E-state index in [1.54, 1.807) is 12.1 Å². The van der Waals surface area contributed by atoms with E-state index in [2.05, 4.69) is 0 Å². The summed E-state index contributed by atoms with van der Waals surface area (Å²) in [5, 5.41) is 10.1. The molecule has 1 N–H and O–H groups in total. The number of hydrogen-bond donors (Lipinski definition) is 1. The van der Waals surface area contributed by atoms with Gasteiger partial charge in [-0.15, -0.1) is 0 Å². The number of rotatable bonds is 3. The topological polar surface area (TPSA) is 74.7 Å². The van der Waals surface area contributed by atoms with Gasteiger partial charge in [-0.1, -0.05) is 41.4 Å². The molecule has 148 valence electrons. The van der Waals surface area contributed by atoms with Crippen molar-refractivity contribution in [2.24, 2.45) is 0 Å². The van der Waals surface area contributed by atoms with Crippen molar-refractivity contribution in [2.75, 3.05) is 4.90 Å². The molecule has 0 saturated carbocycles. The Hall–Kier alpha value is -2.63. The quantitative estimate of drug-likeness (QED) is 0.725. The van der Waals surface area contributed by atoms with Crippen molar-refractivity contribution >= 4 is 46.5 Å². The summed E-state index contributed by atoms with van der Waals surface area (Å²) in [6.45, 7) is 0. The monoisotopic (exact) mass is 429 g/mol. The number of halogens is 2. The Bertz CT molecular complexity index is 1080. The SMILES string of the molecule is O=C1CCCC2=C1C(c1ccccc1Cl)CC(=O)N2c1cc(C(=O)O)ccc1Cl. The van der Waals surface area contributed by atoms with Crippen molar-refractivity contribution in [3.63, 3.8) is 0 Å². The van der Waals surface area contributed by atoms with Gasteiger partial charge in [0.15, 0.2) is 5.78 Å². The molecule has 0 fully saturated rings. The van der Waals surface area contributed by atoms with Crippen LogP contribution in [-0.2, 0) is 9.59 Å². The molecular formula is C22H17Cl2NO4. The van der Waals surface area contributed by atoms with Gasteiger partial charge in [0.1, 0.15) is 0 Å². The molecule has 1 unspecified atom stereocenters. The van der Waals surface area contributed by atoms with Gasteiger partial charge in [-0.05, 0) is 42.7 Å². The number of aromatic carboxylic acids is 1. The van der Waals surface area contributed by atoms with Crippen LogP contribution in [0, 0.1) is 0 Å². The Morgan fingerprint density at radius 2 is 1.79 bits per heavy atom. The number of hydrogen-bond acceptors (Lipinski definition) is 3. The number of carboxylic acids is 1. The summed E-state index contributed by atoms with van der Waals surface area (Å²) in [5.41, 5.74) is 2.22. The molecular weight excluding hydrogens is 413 g/mol. The number of anilines is 1. The molecule has 7 heteroatoms. The predicted octanol–water partition coefficient (Wildman–Crippen LogP) is 5.22. The number of carbonyl (C=O) groups is 3. The number of benzene rings is 2. The first kappa shape index (κ1) is 19.7. The van der Waals surface area contributed by atoms with Crippen molar-refractivity contribution in [3.8, 4) is 0 Å². The van der Waals surface area contributed by atoms with Gasteiger partial charge in [-0.3, -0.25) is 14.5 Å². The van der Waals surface area contributed by atoms with Gasteiger partial charge in [-0.2, -0.15) is 0 Å². The molecule has 2 aromatic rings. The maximum atomic E-state index is 13.2. The number of ketones is 1. The van der Waals surface area contributed by atoms with Crippen LogP contribution in [0.15, 0.2) is 53.7 Å². The first-order chi connectivity index (χ1) is 13.9. The number of amides is 1. The van der Waals surface area contributed by atoms with E-state index in [1.807, 2.05) is 12.1 Å². The maximum absolute atomic E-state index is 13.2. The van der Waals surface area contributed by atoms with Crippen LogP contribution in [-0.4, -0.2) is 22.8 Å². The lowest BCUT2D eigenvalue weighted by molar-refractivity contribution is -0.119. The van der Waals surface area contributed by atoms with E-state index in [-0.39, 0.29) is 34.4 Å². The molecule has 4 rings (SSSR count). The molecule has 0 aromatic heterocycles. The average Bonchev–Trinajstić information content (AvgIpc) is 2.68. The van der Waals surface area contributed by atoms with Crippen LogP contribution in [0.5, 0.6) is 0 Å². The van der Waals surface area contributed by atoms with E-state index in [0.717, 1.165) is 5.56 Å². The van der Waals surface area contributed by atoms with Gasteiger partial charge >= 0.3 is 5.97 Å². The molecule has 0 bridgehead atoms. The molecule has 2 aliphatic rings. The largest absolute Gasteiger partial charge is 0.478 e. The van der Waals surface area contributed by atoms with Crippen molar-refractivity contribution < 1.29 is 19.5 Å². The van der Waals surface area contributed by atoms with E-state index >= 15 is 0 Å². The van der Waals surface area contributed by atoms with Crippen molar-refractivity contribution in [3.05, 3.63) is 74.9 Å². The lowest BCUT2D eigenvalue weighted by atomic mass is 9.77. The zero-order valence-corrected chi connectivity index (χ0v) is 16.8. The minimum absolute atomic E-state index is 0.0146. The fourth-order valence-electron chi connectivity index (χ4n) is 4.11. The summed E-state index contributed by atoms with van der Waals surface area (Å²) in [7, 11) is 0. The summed E-state index contributed by atoms with van der Waals surface area (Å²) >= 11 is 12.7. The van der Waals surface area contributed by atoms with E-state index < -0.39 is 11.9 Å². The average molecular weight is 430 g/mol. The van der Waals surface area contributed by atoms with Gasteiger partial charge in [0, 0.05) is 35.1 Å². The van der Waals surface area contributed by atoms with E-state index in [9.17, 15) is 19.5 Å². The minimum Gasteiger partial charge on any atom is -0.478 e. The first-order valence-corrected chi connectivity index (χ1v) is 10.0. The Morgan fingerprint density at radius 1 is 1.03 bits per heavy atom. The van der Waals surface area contributed by atoms with Crippen LogP contribution in [0.2, 0.25) is 10.0 Å². The molecule has 0 radical (unpaired) electrons. The second-order valence-electron chi connectivity index (χ2n) is 7.12. The van der Waals surface area contributed by atoms with Crippen LogP contribution in [0.25, 0.3) is 0 Å². The Balaban J connectivity index is 1.91. The summed E-state index contributed by atoms with van der Waals surface area (Å²) in [4.78, 5) is 39.0. The molecule has 1 amide bonds. The van der Waals surface area contributed by atoms with Crippen LogP contribution in [0.1, 0.15) is 47.5 Å². The molecule has 1 aliphatic heterocycles. The molecule has 5 nitrogen and oxygen atoms in total. The predicted molar refractivity (Wildman–Crippen MR) is 111 cm³/mol. The van der Waals surface area contributed by atoms with E-state index in [0.29, 0.717) is 35.6 Å². The summed E-state index contributed by atoms with van der Waals surface area (Å²) < 4.78 is 0. The van der Waals surface area contributed by atoms with Crippen LogP contribution in [0.3, 0.4) is 0 Å². The molecule has 29 heavy (non-hydrogen) atoms. The normalized spacial score (nSPS) is 19.4. The smallest absolute Gasteiger partial charge is 0.335 e. The van der Waals surface area contributed by atoms with Gasteiger partial charge in [0.25, 0.3) is 0 Å². The lowest BCUT2D eigenvalue weighted by Gasteiger charge is -2.38. The second kappa shape index (κ2) is 7.65. The van der Waals surface area contributed by atoms with Gasteiger partial charge in [-0.25, -0.2) is 4.79 Å². The molecule has 2 aromatic carbocycles. The molecule has 1 aliphatic carbocycles. The van der Waals surface area contributed by atoms with Crippen LogP contribution < -0.4 is 4.90 Å². The van der Waals surface area contributed by atoms with Crippen molar-refractivity contribution in [1.82, 2.24) is 0 Å². The highest BCUT2D eigenvalue weighted by Gasteiger charge is 2.40. The lowest BCUT2D eigenvalue weighted by Crippen LogP contribution is -2.40. The van der Waals surface area contributed by atoms with Crippen LogP contribution >= 0.6 is 23.2 Å². The van der Waals surface area contributed by atoms with E-state index in [1.165, 1.54) is 23.1 Å². The zero-order valence-electron chi connectivity index (χ0n) is 15.3. The molecule has 0 saturated heterocycles. The fraction of sp³-hybridized carbons (Fsp3) is 0.227. The number of Topliss-reactive ketones (excluding diaryl/α,β-unsaturated/α-hetero) is 1. The summed E-state index contributed by atoms with van der Waals surface area (Å²) in [6.07, 6.45) is 1.61. The highest BCUT2D eigenvalue weighted by molar-refractivity contribution is 6.34. The van der Waals surface area contributed by atoms with Gasteiger partial charge in [0.2, 0.25) is 5.91 Å². The molecule has 1 atom stereocenters. The standard InChI is InChI=1S/C22H17Cl2NO4/c23-15-5-2-1-4-13(15)14-11-20(27)25(17-6-3-7-19(26)21(14)17)18-10-12(22(28)29)8-9-16(18)24/h1-2,4-5,8-10,14H,3,6-7,11H2,(H,28,29). The molecule has 1 heterocycles. The Kier molecular flexibility index (Phi) is 5.19. The Labute approximate surface area is 177 Å². The third kappa shape index (κ3) is 3.45. The first-order valence-electron chi connectivity index (χ1n) is 9.25. The number of carboxylic acid groups (broad SMARTS) is 1. The van der Waals surface area contributed by atoms with Gasteiger partial charge < -0.3 is 5.11 Å². The highest BCUT2D eigenvalue weighted by atomic mass is 35.5. The number of allylic oxidation sites excluding steroid dienone is 2. The third-order valence-electron chi connectivity index (χ3n) is 5.39. The fourth-order valence-corrected chi connectivity index (χ4v) is 4.58.